The van der Waals surface area contributed by atoms with Gasteiger partial charge in [-0.25, -0.2) is 19.3 Å². The minimum atomic E-state index is -0.479. The van der Waals surface area contributed by atoms with Gasteiger partial charge in [-0.3, -0.25) is 4.79 Å². The summed E-state index contributed by atoms with van der Waals surface area (Å²) >= 11 is 0. The van der Waals surface area contributed by atoms with Gasteiger partial charge in [0.25, 0.3) is 0 Å². The molecule has 12 heteroatoms. The molecule has 7 rings (SSSR count). The SMILES string of the molecule is C=CC(=O)N1CCC(Nc2cc3c(Nc4ccc(Oc5ccnc(N6CC7CN(C)CC7C6)c5)cc4F)ncnc3cc2OC)CC1. The van der Waals surface area contributed by atoms with Crippen LogP contribution in [0.4, 0.5) is 27.4 Å². The number of fused-ring (bicyclic) bond motifs is 2. The molecule has 0 spiro atoms. The van der Waals surface area contributed by atoms with Gasteiger partial charge in [-0.2, -0.15) is 0 Å². The summed E-state index contributed by atoms with van der Waals surface area (Å²) in [7, 11) is 3.79. The fourth-order valence-corrected chi connectivity index (χ4v) is 7.03. The van der Waals surface area contributed by atoms with E-state index in [2.05, 4.69) is 49.0 Å². The third-order valence-corrected chi connectivity index (χ3v) is 9.44. The van der Waals surface area contributed by atoms with E-state index < -0.39 is 5.82 Å². The van der Waals surface area contributed by atoms with Crippen molar-refractivity contribution >= 4 is 39.8 Å². The van der Waals surface area contributed by atoms with Crippen molar-refractivity contribution in [1.82, 2.24) is 24.8 Å². The average Bonchev–Trinajstić information content (AvgIpc) is 3.64. The molecule has 0 saturated carbocycles. The van der Waals surface area contributed by atoms with Crippen LogP contribution in [0.5, 0.6) is 17.2 Å². The van der Waals surface area contributed by atoms with Crippen molar-refractivity contribution in [2.45, 2.75) is 18.9 Å². The lowest BCUT2D eigenvalue weighted by atomic mass is 10.0. The molecule has 244 valence electrons. The quantitative estimate of drug-likeness (QED) is 0.235. The van der Waals surface area contributed by atoms with E-state index >= 15 is 4.39 Å². The number of rotatable bonds is 9. The number of methoxy groups -OCH3 is 1. The first kappa shape index (κ1) is 30.7. The summed E-state index contributed by atoms with van der Waals surface area (Å²) in [5, 5.41) is 7.41. The molecule has 1 amide bonds. The normalized spacial score (nSPS) is 19.9. The molecule has 0 aliphatic carbocycles. The Bertz CT molecular complexity index is 1780. The van der Waals surface area contributed by atoms with Gasteiger partial charge in [0.15, 0.2) is 0 Å². The zero-order valence-electron chi connectivity index (χ0n) is 26.7. The molecular weight excluding hydrogens is 599 g/mol. The number of aromatic nitrogens is 3. The minimum absolute atomic E-state index is 0.0503. The van der Waals surface area contributed by atoms with Gasteiger partial charge in [-0.1, -0.05) is 6.58 Å². The first-order valence-electron chi connectivity index (χ1n) is 16.0. The van der Waals surface area contributed by atoms with Gasteiger partial charge >= 0.3 is 0 Å². The van der Waals surface area contributed by atoms with Crippen LogP contribution in [0.2, 0.25) is 0 Å². The average molecular weight is 639 g/mol. The van der Waals surface area contributed by atoms with E-state index in [0.29, 0.717) is 58.9 Å². The van der Waals surface area contributed by atoms with Crippen molar-refractivity contribution in [2.75, 3.05) is 69.0 Å². The first-order valence-corrected chi connectivity index (χ1v) is 16.0. The zero-order chi connectivity index (χ0) is 32.5. The lowest BCUT2D eigenvalue weighted by molar-refractivity contribution is -0.126. The van der Waals surface area contributed by atoms with E-state index in [1.165, 1.54) is 18.5 Å². The fraction of sp³-hybridized carbons (Fsp3) is 0.371. The molecule has 11 nitrogen and oxygen atoms in total. The monoisotopic (exact) mass is 638 g/mol. The number of anilines is 4. The predicted molar refractivity (Wildman–Crippen MR) is 180 cm³/mol. The van der Waals surface area contributed by atoms with Crippen LogP contribution in [0.15, 0.2) is 67.6 Å². The van der Waals surface area contributed by atoms with Gasteiger partial charge in [-0.05, 0) is 62.1 Å². The fourth-order valence-electron chi connectivity index (χ4n) is 7.03. The van der Waals surface area contributed by atoms with E-state index in [1.807, 2.05) is 18.2 Å². The van der Waals surface area contributed by atoms with Crippen LogP contribution in [-0.2, 0) is 4.79 Å². The molecule has 2 aromatic heterocycles. The summed E-state index contributed by atoms with van der Waals surface area (Å²) < 4.78 is 27.2. The minimum Gasteiger partial charge on any atom is -0.495 e. The molecule has 0 bridgehead atoms. The Morgan fingerprint density at radius 3 is 2.47 bits per heavy atom. The molecule has 0 radical (unpaired) electrons. The number of pyridine rings is 1. The second-order valence-corrected chi connectivity index (χ2v) is 12.6. The van der Waals surface area contributed by atoms with Crippen LogP contribution in [0, 0.1) is 17.7 Å². The van der Waals surface area contributed by atoms with Crippen LogP contribution in [-0.4, -0.2) is 90.1 Å². The first-order chi connectivity index (χ1) is 22.9. The number of piperidine rings is 1. The molecule has 3 saturated heterocycles. The highest BCUT2D eigenvalue weighted by atomic mass is 19.1. The maximum atomic E-state index is 15.5. The molecular formula is C35H39FN8O3. The lowest BCUT2D eigenvalue weighted by Gasteiger charge is -2.32. The van der Waals surface area contributed by atoms with Crippen LogP contribution < -0.4 is 25.0 Å². The molecule has 2 unspecified atom stereocenters. The summed E-state index contributed by atoms with van der Waals surface area (Å²) in [6.07, 6.45) is 6.10. The number of nitrogens with one attached hydrogen (secondary N) is 2. The van der Waals surface area contributed by atoms with Crippen molar-refractivity contribution < 1.29 is 18.7 Å². The molecule has 3 aliphatic heterocycles. The molecule has 2 atom stereocenters. The van der Waals surface area contributed by atoms with Crippen LogP contribution >= 0.6 is 0 Å². The lowest BCUT2D eigenvalue weighted by Crippen LogP contribution is -2.41. The smallest absolute Gasteiger partial charge is 0.245 e. The molecule has 3 aliphatic rings. The Morgan fingerprint density at radius 2 is 1.74 bits per heavy atom. The van der Waals surface area contributed by atoms with Crippen molar-refractivity contribution in [3.8, 4) is 17.2 Å². The number of hydrogen-bond acceptors (Lipinski definition) is 10. The Morgan fingerprint density at radius 1 is 0.979 bits per heavy atom. The number of halogens is 1. The van der Waals surface area contributed by atoms with Gasteiger partial charge in [0.2, 0.25) is 5.91 Å². The summed E-state index contributed by atoms with van der Waals surface area (Å²) in [4.78, 5) is 31.9. The topological polar surface area (TPSA) is 108 Å². The second kappa shape index (κ2) is 13.0. The van der Waals surface area contributed by atoms with E-state index in [0.717, 1.165) is 50.5 Å². The number of nitrogens with zero attached hydrogens (tertiary/aromatic N) is 6. The largest absolute Gasteiger partial charge is 0.495 e. The summed E-state index contributed by atoms with van der Waals surface area (Å²) in [6, 6.07) is 12.3. The van der Waals surface area contributed by atoms with Crippen molar-refractivity contribution in [2.24, 2.45) is 11.8 Å². The highest BCUT2D eigenvalue weighted by Gasteiger charge is 2.39. The number of hydrogen-bond donors (Lipinski definition) is 2. The predicted octanol–water partition coefficient (Wildman–Crippen LogP) is 5.30. The van der Waals surface area contributed by atoms with Gasteiger partial charge in [-0.15, -0.1) is 0 Å². The van der Waals surface area contributed by atoms with Crippen molar-refractivity contribution in [3.05, 3.63) is 73.5 Å². The van der Waals surface area contributed by atoms with Gasteiger partial charge < -0.3 is 34.8 Å². The van der Waals surface area contributed by atoms with Gasteiger partial charge in [0.1, 0.15) is 41.0 Å². The van der Waals surface area contributed by atoms with Crippen LogP contribution in [0.3, 0.4) is 0 Å². The standard InChI is InChI=1S/C35H39FN8O3/c1-4-34(45)43-11-8-24(9-12-43)40-31-15-27-30(16-32(31)46-3)38-21-39-35(27)41-29-6-5-25(13-28(29)36)47-26-7-10-37-33(14-26)44-19-22-17-42(2)18-23(22)20-44/h4-7,10,13-16,21-24,40H,1,8-9,11-12,17-20H2,2-3H3,(H,38,39,41). The Balaban J connectivity index is 1.05. The summed E-state index contributed by atoms with van der Waals surface area (Å²) in [5.74, 6) is 3.77. The van der Waals surface area contributed by atoms with Crippen molar-refractivity contribution in [1.29, 1.82) is 0 Å². The third-order valence-electron chi connectivity index (χ3n) is 9.44. The molecule has 5 heterocycles. The Hall–Kier alpha value is -4.97. The number of amides is 1. The number of likely N-dealkylation sites (tertiary alicyclic amines) is 2. The van der Waals surface area contributed by atoms with Crippen molar-refractivity contribution in [3.63, 3.8) is 0 Å². The van der Waals surface area contributed by atoms with E-state index in [-0.39, 0.29) is 17.6 Å². The zero-order valence-corrected chi connectivity index (χ0v) is 26.7. The third kappa shape index (κ3) is 6.50. The van der Waals surface area contributed by atoms with Gasteiger partial charge in [0, 0.05) is 75.1 Å². The van der Waals surface area contributed by atoms with E-state index in [4.69, 9.17) is 9.47 Å². The molecule has 47 heavy (non-hydrogen) atoms. The number of benzene rings is 2. The Kier molecular flexibility index (Phi) is 8.50. The maximum absolute atomic E-state index is 15.5. The van der Waals surface area contributed by atoms with Crippen LogP contribution in [0.25, 0.3) is 10.9 Å². The highest BCUT2D eigenvalue weighted by Crippen LogP contribution is 2.37. The number of carbonyl (C=O) groups is 1. The highest BCUT2D eigenvalue weighted by molar-refractivity contribution is 5.95. The molecule has 2 aromatic carbocycles. The molecule has 4 aromatic rings. The van der Waals surface area contributed by atoms with E-state index in [9.17, 15) is 4.79 Å². The second-order valence-electron chi connectivity index (χ2n) is 12.6. The summed E-state index contributed by atoms with van der Waals surface area (Å²) in [6.45, 7) is 9.09. The van der Waals surface area contributed by atoms with Crippen LogP contribution in [0.1, 0.15) is 12.8 Å². The van der Waals surface area contributed by atoms with Gasteiger partial charge in [0.05, 0.1) is 24.0 Å². The van der Waals surface area contributed by atoms with E-state index in [1.54, 1.807) is 36.4 Å². The summed E-state index contributed by atoms with van der Waals surface area (Å²) in [5.41, 5.74) is 1.68. The Labute approximate surface area is 273 Å². The molecule has 2 N–H and O–H groups in total. The number of ether oxygens (including phenoxy) is 2. The molecule has 3 fully saturated rings. The maximum Gasteiger partial charge on any atom is 0.245 e. The number of carbonyl (C=O) groups excluding carboxylic acids is 1.